The Balaban J connectivity index is 1.66. The summed E-state index contributed by atoms with van der Waals surface area (Å²) in [5.41, 5.74) is 0.980. The number of fused-ring (bicyclic) bond motifs is 1. The van der Waals surface area contributed by atoms with E-state index < -0.39 is 11.5 Å². The molecule has 26 heavy (non-hydrogen) atoms. The van der Waals surface area contributed by atoms with Gasteiger partial charge in [-0.15, -0.1) is 0 Å². The number of nitrogens with zero attached hydrogens (tertiary/aromatic N) is 2. The summed E-state index contributed by atoms with van der Waals surface area (Å²) < 4.78 is 1.67. The Morgan fingerprint density at radius 2 is 1.85 bits per heavy atom. The molecule has 6 nitrogen and oxygen atoms in total. The minimum Gasteiger partial charge on any atom is -0.375 e. The second-order valence-electron chi connectivity index (χ2n) is 6.35. The molecule has 0 aliphatic carbocycles. The Bertz CT molecular complexity index is 1010. The third-order valence-electron chi connectivity index (χ3n) is 4.72. The lowest BCUT2D eigenvalue weighted by molar-refractivity contribution is -0.133. The van der Waals surface area contributed by atoms with Gasteiger partial charge in [0, 0.05) is 11.3 Å². The van der Waals surface area contributed by atoms with Gasteiger partial charge in [-0.05, 0) is 25.1 Å². The van der Waals surface area contributed by atoms with Crippen LogP contribution >= 0.6 is 0 Å². The van der Waals surface area contributed by atoms with Crippen molar-refractivity contribution < 1.29 is 14.7 Å². The van der Waals surface area contributed by atoms with E-state index >= 15 is 0 Å². The second-order valence-corrected chi connectivity index (χ2v) is 6.35. The lowest BCUT2D eigenvalue weighted by atomic mass is 9.88. The van der Waals surface area contributed by atoms with Gasteiger partial charge in [-0.25, -0.2) is 4.68 Å². The average Bonchev–Trinajstić information content (AvgIpc) is 3.14. The molecular formula is C20H17N3O3. The molecule has 0 bridgehead atoms. The Kier molecular flexibility index (Phi) is 3.70. The number of aliphatic hydroxyl groups is 1. The molecule has 2 N–H and O–H groups in total. The van der Waals surface area contributed by atoms with Crippen LogP contribution in [0.15, 0.2) is 60.8 Å². The zero-order chi connectivity index (χ0) is 18.3. The summed E-state index contributed by atoms with van der Waals surface area (Å²) >= 11 is 0. The molecule has 1 aliphatic heterocycles. The molecule has 0 radical (unpaired) electrons. The first-order valence-corrected chi connectivity index (χ1v) is 8.27. The zero-order valence-electron chi connectivity index (χ0n) is 14.1. The molecule has 2 aromatic carbocycles. The van der Waals surface area contributed by atoms with Crippen LogP contribution in [0.2, 0.25) is 0 Å². The molecule has 1 aromatic heterocycles. The van der Waals surface area contributed by atoms with Crippen LogP contribution in [0.25, 0.3) is 5.69 Å². The van der Waals surface area contributed by atoms with Crippen molar-refractivity contribution in [3.05, 3.63) is 77.6 Å². The van der Waals surface area contributed by atoms with Crippen molar-refractivity contribution in [2.75, 3.05) is 5.32 Å². The van der Waals surface area contributed by atoms with Gasteiger partial charge in [0.25, 0.3) is 5.91 Å². The Labute approximate surface area is 150 Å². The molecule has 6 heteroatoms. The van der Waals surface area contributed by atoms with E-state index in [2.05, 4.69) is 10.4 Å². The van der Waals surface area contributed by atoms with Crippen LogP contribution in [0.3, 0.4) is 0 Å². The van der Waals surface area contributed by atoms with E-state index in [0.717, 1.165) is 5.69 Å². The van der Waals surface area contributed by atoms with Crippen molar-refractivity contribution in [3.63, 3.8) is 0 Å². The SMILES string of the molecule is Cc1c(C(=O)CC2(O)C(=O)Nc3ccccc32)cnn1-c1ccccc1. The van der Waals surface area contributed by atoms with Crippen LogP contribution in [0, 0.1) is 6.92 Å². The fraction of sp³-hybridized carbons (Fsp3) is 0.150. The fourth-order valence-corrected chi connectivity index (χ4v) is 3.32. The molecule has 1 atom stereocenters. The molecule has 3 aromatic rings. The molecule has 2 heterocycles. The number of para-hydroxylation sites is 2. The van der Waals surface area contributed by atoms with Crippen LogP contribution in [0.4, 0.5) is 5.69 Å². The smallest absolute Gasteiger partial charge is 0.261 e. The van der Waals surface area contributed by atoms with Crippen LogP contribution in [-0.4, -0.2) is 26.6 Å². The normalized spacial score (nSPS) is 18.5. The first-order chi connectivity index (χ1) is 12.5. The summed E-state index contributed by atoms with van der Waals surface area (Å²) in [6, 6.07) is 16.3. The summed E-state index contributed by atoms with van der Waals surface area (Å²) in [4.78, 5) is 25.1. The van der Waals surface area contributed by atoms with Crippen LogP contribution in [0.5, 0.6) is 0 Å². The average molecular weight is 347 g/mol. The van der Waals surface area contributed by atoms with Gasteiger partial charge < -0.3 is 10.4 Å². The summed E-state index contributed by atoms with van der Waals surface area (Å²) in [5.74, 6) is -0.917. The van der Waals surface area contributed by atoms with Gasteiger partial charge in [0.1, 0.15) is 0 Å². The number of amides is 1. The van der Waals surface area contributed by atoms with Gasteiger partial charge in [0.05, 0.1) is 29.6 Å². The minimum absolute atomic E-state index is 0.334. The summed E-state index contributed by atoms with van der Waals surface area (Å²) in [7, 11) is 0. The van der Waals surface area contributed by atoms with Crippen molar-refractivity contribution >= 4 is 17.4 Å². The Morgan fingerprint density at radius 3 is 2.62 bits per heavy atom. The van der Waals surface area contributed by atoms with Crippen molar-refractivity contribution in [1.29, 1.82) is 0 Å². The molecule has 0 fully saturated rings. The quantitative estimate of drug-likeness (QED) is 0.711. The number of benzene rings is 2. The molecular weight excluding hydrogens is 330 g/mol. The van der Waals surface area contributed by atoms with Crippen LogP contribution < -0.4 is 5.32 Å². The van der Waals surface area contributed by atoms with E-state index in [9.17, 15) is 14.7 Å². The van der Waals surface area contributed by atoms with E-state index in [0.29, 0.717) is 22.5 Å². The molecule has 1 aliphatic rings. The van der Waals surface area contributed by atoms with E-state index in [4.69, 9.17) is 0 Å². The first kappa shape index (κ1) is 16.2. The lowest BCUT2D eigenvalue weighted by Crippen LogP contribution is -2.36. The molecule has 0 spiro atoms. The Hall–Kier alpha value is -3.25. The maximum absolute atomic E-state index is 12.8. The highest BCUT2D eigenvalue weighted by Crippen LogP contribution is 2.39. The van der Waals surface area contributed by atoms with Gasteiger partial charge in [0.2, 0.25) is 0 Å². The molecule has 0 saturated carbocycles. The summed E-state index contributed by atoms with van der Waals surface area (Å²) in [6.07, 6.45) is 1.14. The largest absolute Gasteiger partial charge is 0.375 e. The summed E-state index contributed by atoms with van der Waals surface area (Å²) in [6.45, 7) is 1.79. The number of ketones is 1. The number of carbonyl (C=O) groups excluding carboxylic acids is 2. The van der Waals surface area contributed by atoms with Crippen molar-refractivity contribution in [1.82, 2.24) is 9.78 Å². The van der Waals surface area contributed by atoms with E-state index in [1.165, 1.54) is 6.20 Å². The van der Waals surface area contributed by atoms with Crippen LogP contribution in [0.1, 0.15) is 28.0 Å². The summed E-state index contributed by atoms with van der Waals surface area (Å²) in [5, 5.41) is 17.8. The number of nitrogens with one attached hydrogen (secondary N) is 1. The van der Waals surface area contributed by atoms with Crippen molar-refractivity contribution in [3.8, 4) is 5.69 Å². The number of Topliss-reactive ketones (excluding diaryl/α,β-unsaturated/α-hetero) is 1. The monoisotopic (exact) mass is 347 g/mol. The van der Waals surface area contributed by atoms with E-state index in [1.54, 1.807) is 35.9 Å². The van der Waals surface area contributed by atoms with Gasteiger partial charge in [-0.2, -0.15) is 5.10 Å². The maximum atomic E-state index is 12.8. The topological polar surface area (TPSA) is 84.2 Å². The molecule has 0 saturated heterocycles. The standard InChI is InChI=1S/C20H17N3O3/c1-13-15(12-21-23(13)14-7-3-2-4-8-14)18(24)11-20(26)16-9-5-6-10-17(16)22-19(20)25/h2-10,12,26H,11H2,1H3,(H,22,25). The van der Waals surface area contributed by atoms with Gasteiger partial charge in [-0.3, -0.25) is 9.59 Å². The maximum Gasteiger partial charge on any atom is 0.261 e. The molecule has 130 valence electrons. The van der Waals surface area contributed by atoms with Gasteiger partial charge in [-0.1, -0.05) is 36.4 Å². The highest BCUT2D eigenvalue weighted by Gasteiger charge is 2.46. The fourth-order valence-electron chi connectivity index (χ4n) is 3.32. The van der Waals surface area contributed by atoms with E-state index in [1.807, 2.05) is 30.3 Å². The third kappa shape index (κ3) is 2.43. The van der Waals surface area contributed by atoms with Crippen molar-refractivity contribution in [2.45, 2.75) is 18.9 Å². The van der Waals surface area contributed by atoms with Gasteiger partial charge >= 0.3 is 0 Å². The molecule has 1 amide bonds. The van der Waals surface area contributed by atoms with Crippen molar-refractivity contribution in [2.24, 2.45) is 0 Å². The zero-order valence-corrected chi connectivity index (χ0v) is 14.1. The number of aromatic nitrogens is 2. The predicted octanol–water partition coefficient (Wildman–Crippen LogP) is 2.59. The first-order valence-electron chi connectivity index (χ1n) is 8.27. The number of anilines is 1. The second kappa shape index (κ2) is 5.93. The highest BCUT2D eigenvalue weighted by molar-refractivity contribution is 6.09. The Morgan fingerprint density at radius 1 is 1.15 bits per heavy atom. The highest BCUT2D eigenvalue weighted by atomic mass is 16.3. The predicted molar refractivity (Wildman–Crippen MR) is 96.2 cm³/mol. The number of hydrogen-bond acceptors (Lipinski definition) is 4. The number of rotatable bonds is 4. The minimum atomic E-state index is -1.87. The third-order valence-corrected chi connectivity index (χ3v) is 4.72. The molecule has 1 unspecified atom stereocenters. The van der Waals surface area contributed by atoms with Crippen LogP contribution in [-0.2, 0) is 10.4 Å². The lowest BCUT2D eigenvalue weighted by Gasteiger charge is -2.19. The molecule has 4 rings (SSSR count). The number of carbonyl (C=O) groups is 2. The number of hydrogen-bond donors (Lipinski definition) is 2. The van der Waals surface area contributed by atoms with Gasteiger partial charge in [0.15, 0.2) is 11.4 Å². The van der Waals surface area contributed by atoms with E-state index in [-0.39, 0.29) is 12.2 Å².